The van der Waals surface area contributed by atoms with E-state index in [4.69, 9.17) is 9.52 Å². The van der Waals surface area contributed by atoms with Crippen LogP contribution in [0.2, 0.25) is 0 Å². The highest BCUT2D eigenvalue weighted by Crippen LogP contribution is 2.58. The number of nitrogens with one attached hydrogen (secondary N) is 2. The van der Waals surface area contributed by atoms with Crippen LogP contribution in [0.25, 0.3) is 0 Å². The lowest BCUT2D eigenvalue weighted by atomic mass is 10.0. The Morgan fingerprint density at radius 1 is 1.08 bits per heavy atom. The van der Waals surface area contributed by atoms with Crippen LogP contribution in [0.3, 0.4) is 0 Å². The van der Waals surface area contributed by atoms with Crippen LogP contribution in [0.1, 0.15) is 45.8 Å². The molecular weight excluding hydrogens is 552 g/mol. The van der Waals surface area contributed by atoms with E-state index in [1.807, 2.05) is 0 Å². The highest BCUT2D eigenvalue weighted by Gasteiger charge is 2.65. The second-order valence-electron chi connectivity index (χ2n) is 9.14. The third kappa shape index (κ3) is 5.53. The molecule has 1 amide bonds. The normalized spacial score (nSPS) is 16.3. The number of carbonyl (C=O) groups excluding carboxylic acids is 1. The van der Waals surface area contributed by atoms with E-state index >= 15 is 0 Å². The van der Waals surface area contributed by atoms with E-state index in [-0.39, 0.29) is 40.6 Å². The summed E-state index contributed by atoms with van der Waals surface area (Å²) in [5.41, 5.74) is -4.92. The molecule has 0 radical (unpaired) electrons. The highest BCUT2D eigenvalue weighted by atomic mass is 32.2. The predicted octanol–water partition coefficient (Wildman–Crippen LogP) is 6.18. The Morgan fingerprint density at radius 3 is 2.28 bits per heavy atom. The van der Waals surface area contributed by atoms with E-state index in [1.165, 1.54) is 37.3 Å². The molecule has 1 fully saturated rings. The first-order valence-corrected chi connectivity index (χ1v) is 13.2. The van der Waals surface area contributed by atoms with Crippen molar-refractivity contribution in [3.63, 3.8) is 0 Å². The molecular formula is C24H21F6N5O3S. The highest BCUT2D eigenvalue weighted by molar-refractivity contribution is 7.91. The first-order chi connectivity index (χ1) is 17.9. The van der Waals surface area contributed by atoms with Crippen molar-refractivity contribution in [2.75, 3.05) is 11.6 Å². The third-order valence-electron chi connectivity index (χ3n) is 6.25. The molecule has 3 aromatic rings. The molecule has 2 heterocycles. The number of pyridine rings is 1. The number of hydrogen-bond acceptors (Lipinski definition) is 7. The van der Waals surface area contributed by atoms with Crippen LogP contribution >= 0.6 is 0 Å². The van der Waals surface area contributed by atoms with Gasteiger partial charge < -0.3 is 10.1 Å². The maximum atomic E-state index is 13.6. The molecule has 1 aliphatic rings. The number of anilines is 1. The van der Waals surface area contributed by atoms with Crippen molar-refractivity contribution in [2.45, 2.75) is 49.4 Å². The van der Waals surface area contributed by atoms with Gasteiger partial charge in [-0.05, 0) is 62.6 Å². The summed E-state index contributed by atoms with van der Waals surface area (Å²) < 4.78 is 106. The molecule has 2 aromatic heterocycles. The molecule has 2 N–H and O–H groups in total. The number of halogens is 6. The van der Waals surface area contributed by atoms with Gasteiger partial charge >= 0.3 is 12.4 Å². The number of nitrogens with zero attached hydrogens (tertiary/aromatic N) is 3. The molecule has 0 saturated heterocycles. The van der Waals surface area contributed by atoms with E-state index in [0.717, 1.165) is 19.2 Å². The predicted molar refractivity (Wildman–Crippen MR) is 127 cm³/mol. The Bertz CT molecular complexity index is 1570. The van der Waals surface area contributed by atoms with E-state index in [0.29, 0.717) is 0 Å². The second-order valence-corrected chi connectivity index (χ2v) is 11.3. The Hall–Kier alpha value is -3.75. The van der Waals surface area contributed by atoms with Gasteiger partial charge in [0.15, 0.2) is 11.4 Å². The van der Waals surface area contributed by atoms with Crippen LogP contribution in [0.15, 0.2) is 41.3 Å². The SMILES string of the molecule is Cc1nc(C2(C(F)(F)F)CC2)ccc1Oc1nnc(C(F)(F)F)c(C)c1C(=O)Nc1cccc(S(C)(=N)=O)c1. The van der Waals surface area contributed by atoms with Gasteiger partial charge in [0.1, 0.15) is 11.0 Å². The summed E-state index contributed by atoms with van der Waals surface area (Å²) in [5.74, 6) is -1.85. The molecule has 4 rings (SSSR count). The number of carbonyl (C=O) groups is 1. The molecule has 1 atom stereocenters. The van der Waals surface area contributed by atoms with Crippen LogP contribution in [-0.4, -0.2) is 37.7 Å². The number of rotatable bonds is 6. The summed E-state index contributed by atoms with van der Waals surface area (Å²) in [5, 5.41) is 8.99. The van der Waals surface area contributed by atoms with Gasteiger partial charge in [-0.1, -0.05) is 6.07 Å². The summed E-state index contributed by atoms with van der Waals surface area (Å²) in [6.07, 6.45) is -8.54. The monoisotopic (exact) mass is 573 g/mol. The van der Waals surface area contributed by atoms with Gasteiger partial charge in [0, 0.05) is 16.8 Å². The van der Waals surface area contributed by atoms with Gasteiger partial charge in [-0.2, -0.15) is 26.3 Å². The van der Waals surface area contributed by atoms with Gasteiger partial charge in [0.05, 0.1) is 21.1 Å². The lowest BCUT2D eigenvalue weighted by Crippen LogP contribution is -2.29. The Labute approximate surface area is 218 Å². The van der Waals surface area contributed by atoms with E-state index in [2.05, 4.69) is 20.5 Å². The molecule has 39 heavy (non-hydrogen) atoms. The molecule has 208 valence electrons. The molecule has 1 aliphatic carbocycles. The fraction of sp³-hybridized carbons (Fsp3) is 0.333. The largest absolute Gasteiger partial charge is 0.435 e. The van der Waals surface area contributed by atoms with Gasteiger partial charge in [0.2, 0.25) is 0 Å². The average Bonchev–Trinajstić information content (AvgIpc) is 3.61. The van der Waals surface area contributed by atoms with Crippen molar-refractivity contribution in [3.05, 3.63) is 64.6 Å². The molecule has 15 heteroatoms. The lowest BCUT2D eigenvalue weighted by molar-refractivity contribution is -0.161. The topological polar surface area (TPSA) is 118 Å². The quantitative estimate of drug-likeness (QED) is 0.340. The van der Waals surface area contributed by atoms with Gasteiger partial charge in [-0.15, -0.1) is 10.2 Å². The molecule has 1 saturated carbocycles. The first kappa shape index (κ1) is 28.3. The first-order valence-electron chi connectivity index (χ1n) is 11.3. The molecule has 0 aliphatic heterocycles. The zero-order valence-electron chi connectivity index (χ0n) is 20.6. The smallest absolute Gasteiger partial charge is 0.435 e. The zero-order valence-corrected chi connectivity index (χ0v) is 21.4. The minimum atomic E-state index is -4.96. The fourth-order valence-corrected chi connectivity index (χ4v) is 4.64. The van der Waals surface area contributed by atoms with Crippen molar-refractivity contribution in [1.82, 2.24) is 15.2 Å². The summed E-state index contributed by atoms with van der Waals surface area (Å²) in [7, 11) is -3.16. The standard InChI is InChI=1S/C24H21F6N5O3S/c1-12-18(20(36)33-14-5-4-6-15(11-14)39(3,31)37)21(35-34-19(12)23(25,26)27)38-16-7-8-17(32-13(16)2)22(9-10-22)24(28,29)30/h4-8,11,31H,9-10H2,1-3H3,(H,33,36). The Morgan fingerprint density at radius 2 is 1.74 bits per heavy atom. The summed E-state index contributed by atoms with van der Waals surface area (Å²) >= 11 is 0. The Balaban J connectivity index is 1.73. The van der Waals surface area contributed by atoms with Crippen molar-refractivity contribution in [3.8, 4) is 11.6 Å². The molecule has 1 unspecified atom stereocenters. The van der Waals surface area contributed by atoms with Crippen molar-refractivity contribution >= 4 is 21.3 Å². The third-order valence-corrected chi connectivity index (χ3v) is 7.40. The number of hydrogen-bond donors (Lipinski definition) is 2. The van der Waals surface area contributed by atoms with Crippen LogP contribution in [0.5, 0.6) is 11.6 Å². The lowest BCUT2D eigenvalue weighted by Gasteiger charge is -2.20. The van der Waals surface area contributed by atoms with Crippen LogP contribution < -0.4 is 10.1 Å². The van der Waals surface area contributed by atoms with Crippen LogP contribution in [-0.2, 0) is 21.3 Å². The molecule has 8 nitrogen and oxygen atoms in total. The van der Waals surface area contributed by atoms with Crippen LogP contribution in [0.4, 0.5) is 32.0 Å². The number of aryl methyl sites for hydroxylation is 1. The maximum Gasteiger partial charge on any atom is 0.435 e. The van der Waals surface area contributed by atoms with Crippen molar-refractivity contribution < 1.29 is 40.1 Å². The number of aromatic nitrogens is 3. The zero-order chi connectivity index (χ0) is 29.0. The summed E-state index contributed by atoms with van der Waals surface area (Å²) in [6, 6.07) is 7.71. The van der Waals surface area contributed by atoms with Crippen molar-refractivity contribution in [1.29, 1.82) is 4.78 Å². The summed E-state index contributed by atoms with van der Waals surface area (Å²) in [6.45, 7) is 2.34. The maximum absolute atomic E-state index is 13.6. The van der Waals surface area contributed by atoms with Crippen LogP contribution in [0, 0.1) is 18.6 Å². The van der Waals surface area contributed by atoms with Crippen molar-refractivity contribution in [2.24, 2.45) is 0 Å². The van der Waals surface area contributed by atoms with E-state index in [9.17, 15) is 35.3 Å². The van der Waals surface area contributed by atoms with E-state index in [1.54, 1.807) is 0 Å². The Kier molecular flexibility index (Phi) is 6.86. The minimum Gasteiger partial charge on any atom is -0.435 e. The average molecular weight is 574 g/mol. The van der Waals surface area contributed by atoms with Gasteiger partial charge in [0.25, 0.3) is 11.8 Å². The molecule has 1 aromatic carbocycles. The van der Waals surface area contributed by atoms with E-state index < -0.39 is 56.1 Å². The number of alkyl halides is 6. The second kappa shape index (κ2) is 9.47. The summed E-state index contributed by atoms with van der Waals surface area (Å²) in [4.78, 5) is 17.3. The molecule has 0 bridgehead atoms. The fourth-order valence-electron chi connectivity index (χ4n) is 3.95. The van der Waals surface area contributed by atoms with Gasteiger partial charge in [-0.3, -0.25) is 9.78 Å². The number of amides is 1. The minimum absolute atomic E-state index is 0.00501. The number of ether oxygens (including phenoxy) is 1. The molecule has 0 spiro atoms. The van der Waals surface area contributed by atoms with Gasteiger partial charge in [-0.25, -0.2) is 8.99 Å². The number of benzene rings is 1.